The van der Waals surface area contributed by atoms with Crippen molar-refractivity contribution in [3.63, 3.8) is 0 Å². The van der Waals surface area contributed by atoms with Crippen LogP contribution in [0.3, 0.4) is 0 Å². The van der Waals surface area contributed by atoms with Crippen molar-refractivity contribution >= 4 is 31.3 Å². The summed E-state index contributed by atoms with van der Waals surface area (Å²) >= 11 is 5.82. The van der Waals surface area contributed by atoms with E-state index in [-0.39, 0.29) is 16.4 Å². The van der Waals surface area contributed by atoms with Gasteiger partial charge >= 0.3 is 0 Å². The molecule has 0 spiro atoms. The van der Waals surface area contributed by atoms with E-state index in [1.165, 1.54) is 24.3 Å². The maximum absolute atomic E-state index is 13.0. The largest absolute Gasteiger partial charge is 0.308 e. The van der Waals surface area contributed by atoms with Gasteiger partial charge in [-0.25, -0.2) is 16.8 Å². The number of rotatable bonds is 5. The fourth-order valence-corrected chi connectivity index (χ4v) is 8.02. The maximum Gasteiger partial charge on any atom is 0.183 e. The quantitative estimate of drug-likeness (QED) is 0.813. The monoisotopic (exact) mass is 413 g/mol. The standard InChI is InChI=1S/C18H20ClNO4S2/c1-13-3-2-4-14(9-13)10-20-17-11-25(21,22)12-18(17)26(23,24)16-7-5-15(19)6-8-16/h2-9,17-18,20H,10-12H2,1H3. The molecule has 2 atom stereocenters. The lowest BCUT2D eigenvalue weighted by Gasteiger charge is -2.20. The number of nitrogens with one attached hydrogen (secondary N) is 1. The van der Waals surface area contributed by atoms with Gasteiger partial charge < -0.3 is 5.32 Å². The van der Waals surface area contributed by atoms with Crippen LogP contribution >= 0.6 is 11.6 Å². The van der Waals surface area contributed by atoms with Gasteiger partial charge in [-0.05, 0) is 36.8 Å². The molecule has 2 aromatic carbocycles. The molecule has 3 rings (SSSR count). The molecule has 0 aromatic heterocycles. The predicted octanol–water partition coefficient (Wildman–Crippen LogP) is 2.38. The van der Waals surface area contributed by atoms with Crippen molar-refractivity contribution < 1.29 is 16.8 Å². The Morgan fingerprint density at radius 2 is 1.81 bits per heavy atom. The van der Waals surface area contributed by atoms with Crippen molar-refractivity contribution in [2.24, 2.45) is 0 Å². The zero-order chi connectivity index (χ0) is 18.9. The summed E-state index contributed by atoms with van der Waals surface area (Å²) in [5.74, 6) is -0.556. The minimum Gasteiger partial charge on any atom is -0.308 e. The molecule has 2 unspecified atom stereocenters. The third kappa shape index (κ3) is 4.28. The summed E-state index contributed by atoms with van der Waals surface area (Å²) in [5, 5.41) is 2.55. The van der Waals surface area contributed by atoms with Gasteiger partial charge in [0, 0.05) is 17.6 Å². The fraction of sp³-hybridized carbons (Fsp3) is 0.333. The second-order valence-corrected chi connectivity index (χ2v) is 11.3. The van der Waals surface area contributed by atoms with Crippen LogP contribution < -0.4 is 5.32 Å². The predicted molar refractivity (Wildman–Crippen MR) is 103 cm³/mol. The van der Waals surface area contributed by atoms with Gasteiger partial charge in [0.1, 0.15) is 0 Å². The molecule has 1 heterocycles. The molecule has 0 aliphatic carbocycles. The second kappa shape index (κ2) is 7.31. The Kier molecular flexibility index (Phi) is 5.44. The molecule has 140 valence electrons. The normalized spacial score (nSPS) is 22.4. The van der Waals surface area contributed by atoms with Crippen molar-refractivity contribution in [1.82, 2.24) is 5.32 Å². The Labute approximate surface area is 159 Å². The molecular weight excluding hydrogens is 394 g/mol. The van der Waals surface area contributed by atoms with E-state index in [9.17, 15) is 16.8 Å². The van der Waals surface area contributed by atoms with Crippen molar-refractivity contribution in [1.29, 1.82) is 0 Å². The molecule has 1 N–H and O–H groups in total. The lowest BCUT2D eigenvalue weighted by molar-refractivity contribution is 0.526. The summed E-state index contributed by atoms with van der Waals surface area (Å²) < 4.78 is 50.2. The van der Waals surface area contributed by atoms with Gasteiger partial charge in [0.25, 0.3) is 0 Å². The van der Waals surface area contributed by atoms with Crippen molar-refractivity contribution in [3.8, 4) is 0 Å². The average molecular weight is 414 g/mol. The molecule has 1 aliphatic heterocycles. The summed E-state index contributed by atoms with van der Waals surface area (Å²) in [6.07, 6.45) is 0. The second-order valence-electron chi connectivity index (χ2n) is 6.59. The van der Waals surface area contributed by atoms with Crippen LogP contribution in [0.4, 0.5) is 0 Å². The third-order valence-electron chi connectivity index (χ3n) is 4.49. The topological polar surface area (TPSA) is 80.3 Å². The highest BCUT2D eigenvalue weighted by Crippen LogP contribution is 2.27. The number of benzene rings is 2. The smallest absolute Gasteiger partial charge is 0.183 e. The Morgan fingerprint density at radius 3 is 2.46 bits per heavy atom. The van der Waals surface area contributed by atoms with Crippen LogP contribution in [0, 0.1) is 6.92 Å². The summed E-state index contributed by atoms with van der Waals surface area (Å²) in [6, 6.07) is 13.0. The first-order valence-electron chi connectivity index (χ1n) is 8.16. The molecule has 5 nitrogen and oxygen atoms in total. The molecule has 2 aromatic rings. The molecular formula is C18H20ClNO4S2. The molecule has 1 fully saturated rings. The summed E-state index contributed by atoms with van der Waals surface area (Å²) in [5.41, 5.74) is 2.07. The summed E-state index contributed by atoms with van der Waals surface area (Å²) in [7, 11) is -7.21. The Morgan fingerprint density at radius 1 is 1.12 bits per heavy atom. The molecule has 0 bridgehead atoms. The van der Waals surface area contributed by atoms with Crippen molar-refractivity contribution in [2.45, 2.75) is 29.7 Å². The lowest BCUT2D eigenvalue weighted by atomic mass is 10.1. The molecule has 0 radical (unpaired) electrons. The number of halogens is 1. The minimum atomic E-state index is -3.79. The first-order chi connectivity index (χ1) is 12.2. The van der Waals surface area contributed by atoms with Gasteiger partial charge in [0.2, 0.25) is 0 Å². The molecule has 26 heavy (non-hydrogen) atoms. The number of hydrogen-bond acceptors (Lipinski definition) is 5. The molecule has 0 amide bonds. The van der Waals surface area contributed by atoms with E-state index < -0.39 is 31.0 Å². The Balaban J connectivity index is 1.85. The van der Waals surface area contributed by atoms with Gasteiger partial charge in [0.05, 0.1) is 21.7 Å². The van der Waals surface area contributed by atoms with Crippen LogP contribution in [0.2, 0.25) is 5.02 Å². The first-order valence-corrected chi connectivity index (χ1v) is 11.9. The fourth-order valence-electron chi connectivity index (χ4n) is 3.18. The van der Waals surface area contributed by atoms with Crippen LogP contribution in [0.15, 0.2) is 53.4 Å². The average Bonchev–Trinajstić information content (AvgIpc) is 2.89. The first kappa shape index (κ1) is 19.4. The van der Waals surface area contributed by atoms with Crippen molar-refractivity contribution in [3.05, 3.63) is 64.7 Å². The zero-order valence-electron chi connectivity index (χ0n) is 14.2. The van der Waals surface area contributed by atoms with E-state index in [4.69, 9.17) is 11.6 Å². The lowest BCUT2D eigenvalue weighted by Crippen LogP contribution is -2.43. The van der Waals surface area contributed by atoms with Crippen LogP contribution in [-0.2, 0) is 26.2 Å². The van der Waals surface area contributed by atoms with E-state index in [0.717, 1.165) is 11.1 Å². The molecule has 0 saturated carbocycles. The maximum atomic E-state index is 13.0. The number of sulfone groups is 2. The Bertz CT molecular complexity index is 1000. The van der Waals surface area contributed by atoms with E-state index in [2.05, 4.69) is 5.32 Å². The van der Waals surface area contributed by atoms with E-state index >= 15 is 0 Å². The highest BCUT2D eigenvalue weighted by Gasteiger charge is 2.45. The zero-order valence-corrected chi connectivity index (χ0v) is 16.6. The van der Waals surface area contributed by atoms with Crippen LogP contribution in [0.5, 0.6) is 0 Å². The van der Waals surface area contributed by atoms with E-state index in [1.54, 1.807) is 0 Å². The Hall–Kier alpha value is -1.41. The summed E-state index contributed by atoms with van der Waals surface area (Å²) in [6.45, 7) is 2.38. The molecule has 1 aliphatic rings. The van der Waals surface area contributed by atoms with Crippen LogP contribution in [0.25, 0.3) is 0 Å². The van der Waals surface area contributed by atoms with E-state index in [1.807, 2.05) is 31.2 Å². The van der Waals surface area contributed by atoms with Crippen LogP contribution in [0.1, 0.15) is 11.1 Å². The number of hydrogen-bond donors (Lipinski definition) is 1. The SMILES string of the molecule is Cc1cccc(CNC2CS(=O)(=O)CC2S(=O)(=O)c2ccc(Cl)cc2)c1. The van der Waals surface area contributed by atoms with Crippen molar-refractivity contribution in [2.75, 3.05) is 11.5 Å². The minimum absolute atomic E-state index is 0.0892. The van der Waals surface area contributed by atoms with Gasteiger partial charge in [0.15, 0.2) is 19.7 Å². The molecule has 1 saturated heterocycles. The number of aryl methyl sites for hydroxylation is 1. The third-order valence-corrected chi connectivity index (χ3v) is 8.91. The van der Waals surface area contributed by atoms with Crippen LogP contribution in [-0.4, -0.2) is 39.6 Å². The van der Waals surface area contributed by atoms with Gasteiger partial charge in [-0.1, -0.05) is 41.4 Å². The molecule has 8 heteroatoms. The highest BCUT2D eigenvalue weighted by atomic mass is 35.5. The van der Waals surface area contributed by atoms with Gasteiger partial charge in [-0.15, -0.1) is 0 Å². The van der Waals surface area contributed by atoms with E-state index in [0.29, 0.717) is 11.6 Å². The summed E-state index contributed by atoms with van der Waals surface area (Å²) in [4.78, 5) is 0.0892. The van der Waals surface area contributed by atoms with Gasteiger partial charge in [-0.2, -0.15) is 0 Å². The van der Waals surface area contributed by atoms with Gasteiger partial charge in [-0.3, -0.25) is 0 Å². The highest BCUT2D eigenvalue weighted by molar-refractivity contribution is 7.96.